The number of benzene rings is 1. The van der Waals surface area contributed by atoms with Crippen molar-refractivity contribution in [3.8, 4) is 0 Å². The number of methoxy groups -OCH3 is 1. The molecule has 1 rings (SSSR count). The summed E-state index contributed by atoms with van der Waals surface area (Å²) in [7, 11) is 1.39. The van der Waals surface area contributed by atoms with E-state index in [2.05, 4.69) is 22.3 Å². The van der Waals surface area contributed by atoms with Crippen molar-refractivity contribution in [3.63, 3.8) is 0 Å². The average Bonchev–Trinajstić information content (AvgIpc) is 2.50. The summed E-state index contributed by atoms with van der Waals surface area (Å²) >= 11 is 0. The van der Waals surface area contributed by atoms with E-state index in [0.29, 0.717) is 13.0 Å². The number of rotatable bonds is 8. The van der Waals surface area contributed by atoms with E-state index in [-0.39, 0.29) is 12.0 Å². The van der Waals surface area contributed by atoms with E-state index in [4.69, 9.17) is 0 Å². The molecule has 5 nitrogen and oxygen atoms in total. The number of anilines is 1. The lowest BCUT2D eigenvalue weighted by atomic mass is 10.1. The summed E-state index contributed by atoms with van der Waals surface area (Å²) in [5.74, 6) is -0.183. The molecular formula is C16H24N2O3. The summed E-state index contributed by atoms with van der Waals surface area (Å²) in [5, 5.41) is 5.67. The van der Waals surface area contributed by atoms with Crippen LogP contribution in [0.2, 0.25) is 0 Å². The van der Waals surface area contributed by atoms with Crippen LogP contribution in [0.5, 0.6) is 0 Å². The van der Waals surface area contributed by atoms with Gasteiger partial charge in [-0.25, -0.2) is 4.79 Å². The number of aryl methyl sites for hydroxylation is 1. The number of urea groups is 1. The summed E-state index contributed by atoms with van der Waals surface area (Å²) in [4.78, 5) is 22.7. The van der Waals surface area contributed by atoms with Crippen molar-refractivity contribution in [3.05, 3.63) is 29.8 Å². The number of unbranched alkanes of at least 4 members (excludes halogenated alkanes) is 2. The monoisotopic (exact) mass is 292 g/mol. The van der Waals surface area contributed by atoms with Gasteiger partial charge in [0.25, 0.3) is 0 Å². The highest BCUT2D eigenvalue weighted by Crippen LogP contribution is 2.14. The molecule has 0 heterocycles. The summed E-state index contributed by atoms with van der Waals surface area (Å²) in [6.45, 7) is 2.65. The number of nitrogens with one attached hydrogen (secondary N) is 2. The Morgan fingerprint density at radius 3 is 2.62 bits per heavy atom. The summed E-state index contributed by atoms with van der Waals surface area (Å²) in [5.41, 5.74) is 1.97. The third kappa shape index (κ3) is 6.79. The van der Waals surface area contributed by atoms with E-state index in [1.807, 2.05) is 24.3 Å². The zero-order valence-corrected chi connectivity index (χ0v) is 12.8. The molecule has 2 N–H and O–H groups in total. The number of ether oxygens (including phenoxy) is 1. The Kier molecular flexibility index (Phi) is 7.94. The molecule has 0 radical (unpaired) electrons. The van der Waals surface area contributed by atoms with Crippen LogP contribution in [-0.4, -0.2) is 25.7 Å². The van der Waals surface area contributed by atoms with Crippen LogP contribution in [-0.2, 0) is 16.0 Å². The van der Waals surface area contributed by atoms with Crippen LogP contribution in [0.15, 0.2) is 24.3 Å². The molecule has 1 aromatic rings. The minimum absolute atomic E-state index is 0.183. The quantitative estimate of drug-likeness (QED) is 0.571. The predicted molar refractivity (Wildman–Crippen MR) is 83.3 cm³/mol. The number of amides is 2. The zero-order valence-electron chi connectivity index (χ0n) is 12.8. The van der Waals surface area contributed by atoms with E-state index in [9.17, 15) is 9.59 Å². The minimum Gasteiger partial charge on any atom is -0.469 e. The second-order valence-corrected chi connectivity index (χ2v) is 4.78. The smallest absolute Gasteiger partial charge is 0.319 e. The normalized spacial score (nSPS) is 10.0. The standard InChI is InChI=1S/C16H24N2O3/c1-3-13-9-6-7-10-14(13)18-16(20)17-12-8-4-5-11-15(19)21-2/h6-7,9-10H,3-5,8,11-12H2,1-2H3,(H2,17,18,20). The van der Waals surface area contributed by atoms with Crippen LogP contribution >= 0.6 is 0 Å². The topological polar surface area (TPSA) is 67.4 Å². The SMILES string of the molecule is CCc1ccccc1NC(=O)NCCCCCC(=O)OC. The fourth-order valence-corrected chi connectivity index (χ4v) is 1.99. The zero-order chi connectivity index (χ0) is 15.5. The molecule has 0 saturated heterocycles. The molecule has 21 heavy (non-hydrogen) atoms. The number of hydrogen-bond donors (Lipinski definition) is 2. The Morgan fingerprint density at radius 2 is 1.90 bits per heavy atom. The lowest BCUT2D eigenvalue weighted by Gasteiger charge is -2.10. The first-order valence-electron chi connectivity index (χ1n) is 7.37. The molecule has 0 atom stereocenters. The largest absolute Gasteiger partial charge is 0.469 e. The van der Waals surface area contributed by atoms with Gasteiger partial charge in [0.15, 0.2) is 0 Å². The molecule has 0 fully saturated rings. The van der Waals surface area contributed by atoms with Gasteiger partial charge in [0, 0.05) is 18.7 Å². The highest BCUT2D eigenvalue weighted by molar-refractivity contribution is 5.90. The third-order valence-corrected chi connectivity index (χ3v) is 3.22. The van der Waals surface area contributed by atoms with Crippen LogP contribution in [0.3, 0.4) is 0 Å². The van der Waals surface area contributed by atoms with Crippen molar-refractivity contribution in [2.75, 3.05) is 19.0 Å². The molecule has 116 valence electrons. The first kappa shape index (κ1) is 17.0. The maximum Gasteiger partial charge on any atom is 0.319 e. The van der Waals surface area contributed by atoms with Crippen molar-refractivity contribution >= 4 is 17.7 Å². The van der Waals surface area contributed by atoms with E-state index >= 15 is 0 Å². The van der Waals surface area contributed by atoms with Crippen molar-refractivity contribution in [2.24, 2.45) is 0 Å². The van der Waals surface area contributed by atoms with Crippen LogP contribution < -0.4 is 10.6 Å². The molecule has 0 aromatic heterocycles. The van der Waals surface area contributed by atoms with Crippen molar-refractivity contribution in [2.45, 2.75) is 39.0 Å². The molecule has 0 unspecified atom stereocenters. The Bertz CT molecular complexity index is 461. The first-order chi connectivity index (χ1) is 10.2. The van der Waals surface area contributed by atoms with Crippen LogP contribution in [0.1, 0.15) is 38.2 Å². The maximum absolute atomic E-state index is 11.8. The number of para-hydroxylation sites is 1. The van der Waals surface area contributed by atoms with E-state index in [1.54, 1.807) is 0 Å². The fourth-order valence-electron chi connectivity index (χ4n) is 1.99. The predicted octanol–water partition coefficient (Wildman–Crippen LogP) is 3.10. The van der Waals surface area contributed by atoms with Crippen LogP contribution in [0.25, 0.3) is 0 Å². The van der Waals surface area contributed by atoms with Gasteiger partial charge in [0.2, 0.25) is 0 Å². The van der Waals surface area contributed by atoms with Gasteiger partial charge in [-0.15, -0.1) is 0 Å². The van der Waals surface area contributed by atoms with Crippen molar-refractivity contribution in [1.82, 2.24) is 5.32 Å². The van der Waals surface area contributed by atoms with Crippen LogP contribution in [0, 0.1) is 0 Å². The molecular weight excluding hydrogens is 268 g/mol. The maximum atomic E-state index is 11.8. The highest BCUT2D eigenvalue weighted by atomic mass is 16.5. The minimum atomic E-state index is -0.191. The van der Waals surface area contributed by atoms with E-state index in [1.165, 1.54) is 7.11 Å². The van der Waals surface area contributed by atoms with Crippen LogP contribution in [0.4, 0.5) is 10.5 Å². The average molecular weight is 292 g/mol. The second-order valence-electron chi connectivity index (χ2n) is 4.78. The third-order valence-electron chi connectivity index (χ3n) is 3.22. The Labute approximate surface area is 126 Å². The van der Waals surface area contributed by atoms with Crippen molar-refractivity contribution in [1.29, 1.82) is 0 Å². The Hall–Kier alpha value is -2.04. The van der Waals surface area contributed by atoms with Gasteiger partial charge in [-0.1, -0.05) is 31.5 Å². The van der Waals surface area contributed by atoms with E-state index in [0.717, 1.165) is 36.9 Å². The molecule has 1 aromatic carbocycles. The number of hydrogen-bond acceptors (Lipinski definition) is 3. The highest BCUT2D eigenvalue weighted by Gasteiger charge is 2.04. The van der Waals surface area contributed by atoms with Gasteiger partial charge < -0.3 is 15.4 Å². The molecule has 2 amide bonds. The fraction of sp³-hybridized carbons (Fsp3) is 0.500. The molecule has 0 spiro atoms. The van der Waals surface area contributed by atoms with Gasteiger partial charge in [-0.3, -0.25) is 4.79 Å². The lowest BCUT2D eigenvalue weighted by molar-refractivity contribution is -0.140. The number of carbonyl (C=O) groups is 2. The summed E-state index contributed by atoms with van der Waals surface area (Å²) in [6.07, 6.45) is 3.84. The van der Waals surface area contributed by atoms with Gasteiger partial charge >= 0.3 is 12.0 Å². The number of esters is 1. The molecule has 5 heteroatoms. The Morgan fingerprint density at radius 1 is 1.14 bits per heavy atom. The summed E-state index contributed by atoms with van der Waals surface area (Å²) in [6, 6.07) is 7.58. The molecule has 0 aliphatic rings. The first-order valence-corrected chi connectivity index (χ1v) is 7.37. The molecule has 0 bridgehead atoms. The summed E-state index contributed by atoms with van der Waals surface area (Å²) < 4.78 is 4.56. The van der Waals surface area contributed by atoms with Gasteiger partial charge in [-0.05, 0) is 30.9 Å². The Balaban J connectivity index is 2.18. The van der Waals surface area contributed by atoms with Gasteiger partial charge in [-0.2, -0.15) is 0 Å². The second kappa shape index (κ2) is 9.80. The van der Waals surface area contributed by atoms with Gasteiger partial charge in [0.1, 0.15) is 0 Å². The molecule has 0 aliphatic carbocycles. The molecule has 0 aliphatic heterocycles. The lowest BCUT2D eigenvalue weighted by Crippen LogP contribution is -2.29. The van der Waals surface area contributed by atoms with Gasteiger partial charge in [0.05, 0.1) is 7.11 Å². The van der Waals surface area contributed by atoms with E-state index < -0.39 is 0 Å². The molecule has 0 saturated carbocycles. The van der Waals surface area contributed by atoms with Crippen molar-refractivity contribution < 1.29 is 14.3 Å². The number of carbonyl (C=O) groups excluding carboxylic acids is 2.